The van der Waals surface area contributed by atoms with Crippen LogP contribution in [0, 0.1) is 0 Å². The molecule has 0 aliphatic carbocycles. The van der Waals surface area contributed by atoms with Crippen LogP contribution < -0.4 is 4.43 Å². The minimum atomic E-state index is -1.86. The van der Waals surface area contributed by atoms with E-state index in [9.17, 15) is 15.3 Å². The Hall–Kier alpha value is -2.40. The van der Waals surface area contributed by atoms with Gasteiger partial charge in [-0.15, -0.1) is 0 Å². The van der Waals surface area contributed by atoms with Crippen molar-refractivity contribution in [1.29, 1.82) is 0 Å². The predicted molar refractivity (Wildman–Crippen MR) is 105 cm³/mol. The van der Waals surface area contributed by atoms with Gasteiger partial charge in [-0.25, -0.2) is 0 Å². The molecule has 25 heavy (non-hydrogen) atoms. The lowest BCUT2D eigenvalue weighted by Gasteiger charge is -2.29. The van der Waals surface area contributed by atoms with Crippen LogP contribution in [0.3, 0.4) is 0 Å². The minimum absolute atomic E-state index is 0.0104. The van der Waals surface area contributed by atoms with Gasteiger partial charge in [-0.3, -0.25) is 0 Å². The molecule has 0 radical (unpaired) electrons. The quantitative estimate of drug-likeness (QED) is 0.460. The van der Waals surface area contributed by atoms with E-state index >= 15 is 0 Å². The SMILES string of the molecule is CC[Si](CC)(CC)Oc1cc(O)ccc1C=Cc1cc(O)cc(O)c1. The van der Waals surface area contributed by atoms with E-state index in [2.05, 4.69) is 20.8 Å². The van der Waals surface area contributed by atoms with Gasteiger partial charge in [0.15, 0.2) is 0 Å². The fraction of sp³-hybridized carbons (Fsp3) is 0.300. The van der Waals surface area contributed by atoms with Gasteiger partial charge in [0.25, 0.3) is 8.32 Å². The van der Waals surface area contributed by atoms with Crippen molar-refractivity contribution in [2.75, 3.05) is 0 Å². The van der Waals surface area contributed by atoms with E-state index in [1.54, 1.807) is 30.3 Å². The van der Waals surface area contributed by atoms with Gasteiger partial charge < -0.3 is 19.7 Å². The maximum Gasteiger partial charge on any atom is 0.250 e. The zero-order valence-corrected chi connectivity index (χ0v) is 16.0. The van der Waals surface area contributed by atoms with Gasteiger partial charge >= 0.3 is 0 Å². The summed E-state index contributed by atoms with van der Waals surface area (Å²) in [6.45, 7) is 6.48. The van der Waals surface area contributed by atoms with Gasteiger partial charge in [-0.1, -0.05) is 32.9 Å². The fourth-order valence-corrected chi connectivity index (χ4v) is 5.43. The topological polar surface area (TPSA) is 69.9 Å². The van der Waals surface area contributed by atoms with Gasteiger partial charge in [0, 0.05) is 17.7 Å². The van der Waals surface area contributed by atoms with Crippen LogP contribution in [0.2, 0.25) is 18.1 Å². The number of rotatable bonds is 7. The van der Waals surface area contributed by atoms with Gasteiger partial charge in [0.05, 0.1) is 0 Å². The zero-order valence-electron chi connectivity index (χ0n) is 15.0. The molecule has 0 saturated heterocycles. The van der Waals surface area contributed by atoms with Crippen LogP contribution >= 0.6 is 0 Å². The van der Waals surface area contributed by atoms with E-state index in [-0.39, 0.29) is 17.2 Å². The van der Waals surface area contributed by atoms with Gasteiger partial charge in [0.2, 0.25) is 0 Å². The molecule has 0 bridgehead atoms. The summed E-state index contributed by atoms with van der Waals surface area (Å²) < 4.78 is 6.43. The summed E-state index contributed by atoms with van der Waals surface area (Å²) in [5, 5.41) is 29.0. The lowest BCUT2D eigenvalue weighted by molar-refractivity contribution is 0.450. The molecule has 0 heterocycles. The van der Waals surface area contributed by atoms with E-state index < -0.39 is 8.32 Å². The highest BCUT2D eigenvalue weighted by Gasteiger charge is 2.31. The lowest BCUT2D eigenvalue weighted by Crippen LogP contribution is -2.39. The molecule has 2 aromatic carbocycles. The Morgan fingerprint density at radius 2 is 1.40 bits per heavy atom. The summed E-state index contributed by atoms with van der Waals surface area (Å²) in [4.78, 5) is 0. The monoisotopic (exact) mass is 358 g/mol. The summed E-state index contributed by atoms with van der Waals surface area (Å²) in [6.07, 6.45) is 3.66. The first-order valence-corrected chi connectivity index (χ1v) is 11.2. The number of phenolic OH excluding ortho intramolecular Hbond substituents is 3. The second-order valence-corrected chi connectivity index (χ2v) is 10.9. The summed E-state index contributed by atoms with van der Waals surface area (Å²) in [7, 11) is -1.86. The number of hydrogen-bond acceptors (Lipinski definition) is 4. The van der Waals surface area contributed by atoms with Crippen molar-refractivity contribution in [3.05, 3.63) is 47.5 Å². The highest BCUT2D eigenvalue weighted by atomic mass is 28.4. The molecule has 2 rings (SSSR count). The molecule has 0 fully saturated rings. The van der Waals surface area contributed by atoms with Crippen molar-refractivity contribution in [2.24, 2.45) is 0 Å². The van der Waals surface area contributed by atoms with Crippen LogP contribution in [0.25, 0.3) is 12.2 Å². The highest BCUT2D eigenvalue weighted by Crippen LogP contribution is 2.32. The number of hydrogen-bond donors (Lipinski definition) is 3. The Morgan fingerprint density at radius 1 is 0.800 bits per heavy atom. The standard InChI is InChI=1S/C20H26O4Si/c1-4-25(5-2,6-3)24-20-14-17(21)10-9-16(20)8-7-15-11-18(22)13-19(23)12-15/h7-14,21-23H,4-6H2,1-3H3. The van der Waals surface area contributed by atoms with Crippen LogP contribution in [0.5, 0.6) is 23.0 Å². The molecule has 5 heteroatoms. The third-order valence-corrected chi connectivity index (χ3v) is 9.16. The molecule has 0 spiro atoms. The Balaban J connectivity index is 2.36. The molecule has 0 aliphatic rings. The number of aromatic hydroxyl groups is 3. The first-order valence-electron chi connectivity index (χ1n) is 8.64. The van der Waals surface area contributed by atoms with Crippen molar-refractivity contribution in [3.8, 4) is 23.0 Å². The second-order valence-electron chi connectivity index (χ2n) is 6.18. The molecule has 0 aromatic heterocycles. The number of phenols is 3. The molecule has 0 aliphatic heterocycles. The molecule has 0 atom stereocenters. The highest BCUT2D eigenvalue weighted by molar-refractivity contribution is 6.74. The Bertz CT molecular complexity index is 723. The molecule has 3 N–H and O–H groups in total. The van der Waals surface area contributed by atoms with Crippen LogP contribution in [0.15, 0.2) is 36.4 Å². The average molecular weight is 359 g/mol. The van der Waals surface area contributed by atoms with Gasteiger partial charge in [-0.2, -0.15) is 0 Å². The lowest BCUT2D eigenvalue weighted by atomic mass is 10.1. The average Bonchev–Trinajstić information content (AvgIpc) is 2.58. The maximum atomic E-state index is 9.86. The Labute approximate surface area is 150 Å². The largest absolute Gasteiger partial charge is 0.543 e. The van der Waals surface area contributed by atoms with E-state index in [1.807, 2.05) is 12.1 Å². The zero-order chi connectivity index (χ0) is 18.4. The Morgan fingerprint density at radius 3 is 1.96 bits per heavy atom. The van der Waals surface area contributed by atoms with Crippen LogP contribution in [0.4, 0.5) is 0 Å². The van der Waals surface area contributed by atoms with Crippen LogP contribution in [-0.2, 0) is 0 Å². The molecule has 134 valence electrons. The summed E-state index contributed by atoms with van der Waals surface area (Å²) >= 11 is 0. The molecule has 0 saturated carbocycles. The summed E-state index contributed by atoms with van der Waals surface area (Å²) in [5.74, 6) is 0.874. The summed E-state index contributed by atoms with van der Waals surface area (Å²) in [6, 6.07) is 12.6. The predicted octanol–water partition coefficient (Wildman–Crippen LogP) is 5.36. The third kappa shape index (κ3) is 4.79. The van der Waals surface area contributed by atoms with Crippen LogP contribution in [-0.4, -0.2) is 23.6 Å². The summed E-state index contributed by atoms with van der Waals surface area (Å²) in [5.41, 5.74) is 1.54. The smallest absolute Gasteiger partial charge is 0.250 e. The van der Waals surface area contributed by atoms with E-state index in [0.717, 1.165) is 23.7 Å². The van der Waals surface area contributed by atoms with Crippen LogP contribution in [0.1, 0.15) is 31.9 Å². The molecule has 4 nitrogen and oxygen atoms in total. The second kappa shape index (κ2) is 8.12. The van der Waals surface area contributed by atoms with Crippen molar-refractivity contribution < 1.29 is 19.7 Å². The van der Waals surface area contributed by atoms with E-state index in [1.165, 1.54) is 6.07 Å². The molecule has 0 unspecified atom stereocenters. The first-order chi connectivity index (χ1) is 11.9. The Kier molecular flexibility index (Phi) is 6.15. The van der Waals surface area contributed by atoms with E-state index in [4.69, 9.17) is 4.43 Å². The normalized spacial score (nSPS) is 11.8. The minimum Gasteiger partial charge on any atom is -0.543 e. The fourth-order valence-electron chi connectivity index (χ4n) is 2.85. The maximum absolute atomic E-state index is 9.86. The molecule has 2 aromatic rings. The molecule has 0 amide bonds. The van der Waals surface area contributed by atoms with Crippen molar-refractivity contribution in [3.63, 3.8) is 0 Å². The van der Waals surface area contributed by atoms with E-state index in [0.29, 0.717) is 11.3 Å². The van der Waals surface area contributed by atoms with Crippen molar-refractivity contribution in [1.82, 2.24) is 0 Å². The third-order valence-electron chi connectivity index (χ3n) is 4.64. The van der Waals surface area contributed by atoms with Gasteiger partial charge in [0.1, 0.15) is 23.0 Å². The van der Waals surface area contributed by atoms with Crippen molar-refractivity contribution in [2.45, 2.75) is 38.9 Å². The molecular formula is C20H26O4Si. The number of benzene rings is 2. The van der Waals surface area contributed by atoms with Gasteiger partial charge in [-0.05, 0) is 48.0 Å². The molecular weight excluding hydrogens is 332 g/mol. The first kappa shape index (κ1) is 18.9. The van der Waals surface area contributed by atoms with Crippen molar-refractivity contribution >= 4 is 20.5 Å².